The normalized spacial score (nSPS) is 20.0. The third-order valence-electron chi connectivity index (χ3n) is 5.02. The van der Waals surface area contributed by atoms with Gasteiger partial charge in [0.15, 0.2) is 0 Å². The van der Waals surface area contributed by atoms with Gasteiger partial charge in [-0.05, 0) is 0 Å². The summed E-state index contributed by atoms with van der Waals surface area (Å²) in [5.41, 5.74) is 3.15. The summed E-state index contributed by atoms with van der Waals surface area (Å²) in [7, 11) is 0. The van der Waals surface area contributed by atoms with Crippen LogP contribution in [0.1, 0.15) is 43.7 Å². The average molecular weight is 444 g/mol. The molecule has 0 saturated carbocycles. The fourth-order valence-corrected chi connectivity index (χ4v) is 10.5. The Morgan fingerprint density at radius 2 is 1.81 bits per heavy atom. The van der Waals surface area contributed by atoms with E-state index >= 15 is 0 Å². The Bertz CT molecular complexity index is 669. The van der Waals surface area contributed by atoms with Crippen molar-refractivity contribution in [1.29, 1.82) is 0 Å². The van der Waals surface area contributed by atoms with Crippen LogP contribution < -0.4 is 0 Å². The molecule has 2 aromatic rings. The molecule has 0 saturated heterocycles. The van der Waals surface area contributed by atoms with Crippen molar-refractivity contribution in [3.8, 4) is 0 Å². The number of hydrogen-bond acceptors (Lipinski definition) is 0. The summed E-state index contributed by atoms with van der Waals surface area (Å²) >= 11 is -1.62. The molecule has 1 aliphatic carbocycles. The Morgan fingerprint density at radius 3 is 2.57 bits per heavy atom. The standard InChI is InChI=1S/C18H19.2CH3.Hf/c1-2-3-4-8-15-12-13-16-11-10-14-7-5-6-9-17(14)18(15)16;;;/h5-7,9-13H,2-4,8H2,1H3;2*1H3;. The van der Waals surface area contributed by atoms with Gasteiger partial charge in [0.1, 0.15) is 0 Å². The maximum atomic E-state index is 2.60. The monoisotopic (exact) mass is 445 g/mol. The van der Waals surface area contributed by atoms with Gasteiger partial charge in [0, 0.05) is 0 Å². The second-order valence-corrected chi connectivity index (χ2v) is 16.9. The van der Waals surface area contributed by atoms with E-state index in [0.29, 0.717) is 3.17 Å². The molecule has 0 nitrogen and oxygen atoms in total. The Balaban J connectivity index is 2.14. The van der Waals surface area contributed by atoms with Crippen molar-refractivity contribution in [2.75, 3.05) is 0 Å². The summed E-state index contributed by atoms with van der Waals surface area (Å²) in [4.78, 5) is 0. The molecular weight excluding hydrogens is 419 g/mol. The van der Waals surface area contributed by atoms with E-state index < -0.39 is 21.4 Å². The van der Waals surface area contributed by atoms with Crippen molar-refractivity contribution in [3.63, 3.8) is 0 Å². The van der Waals surface area contributed by atoms with E-state index in [9.17, 15) is 0 Å². The van der Waals surface area contributed by atoms with E-state index in [-0.39, 0.29) is 0 Å². The van der Waals surface area contributed by atoms with Gasteiger partial charge in [-0.3, -0.25) is 0 Å². The molecule has 2 aromatic carbocycles. The van der Waals surface area contributed by atoms with Gasteiger partial charge in [0.25, 0.3) is 0 Å². The number of unbranched alkanes of at least 4 members (excludes halogenated alkanes) is 2. The van der Waals surface area contributed by atoms with E-state index in [1.165, 1.54) is 42.0 Å². The molecule has 21 heavy (non-hydrogen) atoms. The van der Waals surface area contributed by atoms with Crippen LogP contribution >= 0.6 is 0 Å². The van der Waals surface area contributed by atoms with Gasteiger partial charge in [-0.2, -0.15) is 0 Å². The van der Waals surface area contributed by atoms with E-state index in [1.54, 1.807) is 5.56 Å². The third kappa shape index (κ3) is 2.59. The zero-order valence-electron chi connectivity index (χ0n) is 13.4. The number of rotatable bonds is 5. The fourth-order valence-electron chi connectivity index (χ4n) is 3.77. The first-order chi connectivity index (χ1) is 10.2. The van der Waals surface area contributed by atoms with Crippen molar-refractivity contribution in [3.05, 3.63) is 53.6 Å². The summed E-state index contributed by atoms with van der Waals surface area (Å²) in [6.07, 6.45) is 10.4. The number of fused-ring (bicyclic) bond motifs is 3. The quantitative estimate of drug-likeness (QED) is 0.373. The molecule has 0 heterocycles. The molecule has 1 atom stereocenters. The van der Waals surface area contributed by atoms with Gasteiger partial charge in [0.05, 0.1) is 0 Å². The third-order valence-corrected chi connectivity index (χ3v) is 13.8. The molecular formula is C20H25Hf. The summed E-state index contributed by atoms with van der Waals surface area (Å²) in [5, 5.41) is 2.91. The number of hydrogen-bond donors (Lipinski definition) is 0. The fraction of sp³-hybridized carbons (Fsp3) is 0.400. The average Bonchev–Trinajstić information content (AvgIpc) is 2.88. The molecule has 0 spiro atoms. The van der Waals surface area contributed by atoms with E-state index in [4.69, 9.17) is 0 Å². The molecule has 0 amide bonds. The van der Waals surface area contributed by atoms with Crippen molar-refractivity contribution in [2.45, 2.75) is 45.1 Å². The summed E-state index contributed by atoms with van der Waals surface area (Å²) in [6.45, 7) is 2.30. The van der Waals surface area contributed by atoms with Crippen molar-refractivity contribution >= 4 is 16.8 Å². The molecule has 0 N–H and O–H groups in total. The van der Waals surface area contributed by atoms with Crippen molar-refractivity contribution in [2.24, 2.45) is 0 Å². The van der Waals surface area contributed by atoms with Gasteiger partial charge in [-0.25, -0.2) is 0 Å². The van der Waals surface area contributed by atoms with Gasteiger partial charge >= 0.3 is 137 Å². The van der Waals surface area contributed by atoms with Crippen molar-refractivity contribution in [1.82, 2.24) is 0 Å². The zero-order chi connectivity index (χ0) is 14.9. The Kier molecular flexibility index (Phi) is 4.49. The van der Waals surface area contributed by atoms with Crippen LogP contribution in [0, 0.1) is 0 Å². The Morgan fingerprint density at radius 1 is 1.00 bits per heavy atom. The van der Waals surface area contributed by atoms with Gasteiger partial charge in [-0.1, -0.05) is 0 Å². The number of benzene rings is 2. The zero-order valence-corrected chi connectivity index (χ0v) is 17.0. The molecule has 0 aromatic heterocycles. The first kappa shape index (κ1) is 15.2. The van der Waals surface area contributed by atoms with Crippen LogP contribution in [0.2, 0.25) is 9.36 Å². The van der Waals surface area contributed by atoms with Crippen LogP contribution in [0.25, 0.3) is 16.8 Å². The predicted octanol–water partition coefficient (Wildman–Crippen LogP) is 6.36. The molecule has 109 valence electrons. The van der Waals surface area contributed by atoms with Crippen molar-refractivity contribution < 1.29 is 21.4 Å². The molecule has 1 heteroatoms. The van der Waals surface area contributed by atoms with Gasteiger partial charge < -0.3 is 0 Å². The maximum absolute atomic E-state index is 2.60. The van der Waals surface area contributed by atoms with Crippen LogP contribution in [-0.2, 0) is 24.6 Å². The number of allylic oxidation sites excluding steroid dienone is 1. The second kappa shape index (κ2) is 6.20. The van der Waals surface area contributed by atoms with E-state index in [0.717, 1.165) is 0 Å². The molecule has 1 unspecified atom stereocenters. The van der Waals surface area contributed by atoms with E-state index in [1.807, 2.05) is 0 Å². The minimum atomic E-state index is -1.62. The van der Waals surface area contributed by atoms with E-state index in [2.05, 4.69) is 64.8 Å². The molecule has 0 bridgehead atoms. The minimum absolute atomic E-state index is 0.441. The SMILES string of the molecule is CCCCC[C]1([Hf]([CH3])[CH3])C=Cc2ccc3ccccc3c21. The Labute approximate surface area is 136 Å². The van der Waals surface area contributed by atoms with Crippen LogP contribution in [0.4, 0.5) is 0 Å². The summed E-state index contributed by atoms with van der Waals surface area (Å²) in [5.74, 6) is 0. The topological polar surface area (TPSA) is 0 Å². The second-order valence-electron chi connectivity index (χ2n) is 6.51. The first-order valence-corrected chi connectivity index (χ1v) is 17.2. The summed E-state index contributed by atoms with van der Waals surface area (Å²) < 4.78 is 5.63. The van der Waals surface area contributed by atoms with Crippen LogP contribution in [0.15, 0.2) is 42.5 Å². The molecule has 0 radical (unpaired) electrons. The molecule has 3 rings (SSSR count). The first-order valence-electron chi connectivity index (χ1n) is 8.21. The van der Waals surface area contributed by atoms with Crippen LogP contribution in [0.5, 0.6) is 0 Å². The molecule has 0 aliphatic heterocycles. The summed E-state index contributed by atoms with van der Waals surface area (Å²) in [6, 6.07) is 13.6. The van der Waals surface area contributed by atoms with Gasteiger partial charge in [0.2, 0.25) is 0 Å². The Hall–Kier alpha value is -0.690. The molecule has 0 fully saturated rings. The van der Waals surface area contributed by atoms with Gasteiger partial charge in [-0.15, -0.1) is 0 Å². The molecule has 1 aliphatic rings. The van der Waals surface area contributed by atoms with Crippen LogP contribution in [0.3, 0.4) is 0 Å². The van der Waals surface area contributed by atoms with Crippen LogP contribution in [-0.4, -0.2) is 0 Å². The predicted molar refractivity (Wildman–Crippen MR) is 90.5 cm³/mol.